The molecule has 0 atom stereocenters. The van der Waals surface area contributed by atoms with Gasteiger partial charge in [0.15, 0.2) is 0 Å². The Morgan fingerprint density at radius 2 is 1.57 bits per heavy atom. The van der Waals surface area contributed by atoms with Crippen LogP contribution in [0.2, 0.25) is 0 Å². The molecule has 0 bridgehead atoms. The normalized spacial score (nSPS) is 11.0. The molecule has 21 heavy (non-hydrogen) atoms. The van der Waals surface area contributed by atoms with Gasteiger partial charge in [-0.2, -0.15) is 0 Å². The van der Waals surface area contributed by atoms with Gasteiger partial charge in [-0.15, -0.1) is 0 Å². The van der Waals surface area contributed by atoms with E-state index in [1.165, 1.54) is 12.1 Å². The molecule has 0 heterocycles. The van der Waals surface area contributed by atoms with E-state index in [1.807, 2.05) is 45.0 Å². The third-order valence-electron chi connectivity index (χ3n) is 2.94. The second kappa shape index (κ2) is 5.95. The number of hydrogen-bond donors (Lipinski definition) is 2. The minimum Gasteiger partial charge on any atom is -0.355 e. The highest BCUT2D eigenvalue weighted by atomic mass is 19.1. The number of amides is 1. The molecule has 3 nitrogen and oxygen atoms in total. The first-order valence-electron chi connectivity index (χ1n) is 6.79. The number of nitrogens with one attached hydrogen (secondary N) is 2. The smallest absolute Gasteiger partial charge is 0.229 e. The fraction of sp³-hybridized carbons (Fsp3) is 0.235. The first-order chi connectivity index (χ1) is 9.84. The Kier molecular flexibility index (Phi) is 4.26. The maximum absolute atomic E-state index is 13.1. The first kappa shape index (κ1) is 15.0. The zero-order valence-corrected chi connectivity index (χ0v) is 12.4. The van der Waals surface area contributed by atoms with Gasteiger partial charge in [-0.05, 0) is 42.5 Å². The summed E-state index contributed by atoms with van der Waals surface area (Å²) in [5, 5.41) is 5.96. The van der Waals surface area contributed by atoms with Crippen molar-refractivity contribution >= 4 is 23.0 Å². The van der Waals surface area contributed by atoms with Gasteiger partial charge in [0.2, 0.25) is 5.91 Å². The molecule has 0 fully saturated rings. The number of rotatable bonds is 3. The van der Waals surface area contributed by atoms with Crippen molar-refractivity contribution in [3.63, 3.8) is 0 Å². The molecule has 0 radical (unpaired) electrons. The highest BCUT2D eigenvalue weighted by molar-refractivity contribution is 5.94. The Labute approximate surface area is 124 Å². The summed E-state index contributed by atoms with van der Waals surface area (Å²) in [6, 6.07) is 13.6. The fourth-order valence-corrected chi connectivity index (χ4v) is 1.69. The van der Waals surface area contributed by atoms with E-state index in [0.717, 1.165) is 11.4 Å². The number of carbonyl (C=O) groups excluding carboxylic acids is 1. The summed E-state index contributed by atoms with van der Waals surface area (Å²) in [4.78, 5) is 11.9. The summed E-state index contributed by atoms with van der Waals surface area (Å²) in [5.74, 6) is -0.317. The molecule has 0 aromatic heterocycles. The second-order valence-electron chi connectivity index (χ2n) is 5.92. The van der Waals surface area contributed by atoms with Crippen LogP contribution in [0.25, 0.3) is 0 Å². The summed E-state index contributed by atoms with van der Waals surface area (Å²) < 4.78 is 13.1. The minimum atomic E-state index is -0.432. The molecule has 110 valence electrons. The van der Waals surface area contributed by atoms with Crippen molar-refractivity contribution < 1.29 is 9.18 Å². The molecule has 0 aliphatic heterocycles. The summed E-state index contributed by atoms with van der Waals surface area (Å²) in [7, 11) is 0. The second-order valence-corrected chi connectivity index (χ2v) is 5.92. The van der Waals surface area contributed by atoms with Crippen LogP contribution in [-0.2, 0) is 4.79 Å². The van der Waals surface area contributed by atoms with Crippen molar-refractivity contribution in [1.29, 1.82) is 0 Å². The largest absolute Gasteiger partial charge is 0.355 e. The molecule has 0 spiro atoms. The molecule has 0 unspecified atom stereocenters. The van der Waals surface area contributed by atoms with Gasteiger partial charge in [0.1, 0.15) is 5.82 Å². The molecule has 0 aliphatic carbocycles. The topological polar surface area (TPSA) is 41.1 Å². The number of anilines is 3. The number of benzene rings is 2. The highest BCUT2D eigenvalue weighted by Crippen LogP contribution is 2.21. The molecule has 2 aromatic rings. The Hall–Kier alpha value is -2.36. The summed E-state index contributed by atoms with van der Waals surface area (Å²) >= 11 is 0. The van der Waals surface area contributed by atoms with Crippen LogP contribution in [0, 0.1) is 11.2 Å². The molecule has 0 saturated heterocycles. The molecular weight excluding hydrogens is 267 g/mol. The third kappa shape index (κ3) is 4.31. The van der Waals surface area contributed by atoms with Crippen LogP contribution >= 0.6 is 0 Å². The lowest BCUT2D eigenvalue weighted by molar-refractivity contribution is -0.123. The zero-order valence-electron chi connectivity index (χ0n) is 12.4. The molecule has 2 N–H and O–H groups in total. The maximum atomic E-state index is 13.1. The first-order valence-corrected chi connectivity index (χ1v) is 6.79. The van der Waals surface area contributed by atoms with Gasteiger partial charge in [0.25, 0.3) is 0 Å². The predicted molar refractivity (Wildman–Crippen MR) is 84.2 cm³/mol. The predicted octanol–water partition coefficient (Wildman–Crippen LogP) is 4.55. The van der Waals surface area contributed by atoms with Gasteiger partial charge in [0.05, 0.1) is 0 Å². The van der Waals surface area contributed by atoms with Gasteiger partial charge in [-0.25, -0.2) is 4.39 Å². The van der Waals surface area contributed by atoms with Gasteiger partial charge in [-0.1, -0.05) is 26.8 Å². The third-order valence-corrected chi connectivity index (χ3v) is 2.94. The lowest BCUT2D eigenvalue weighted by Crippen LogP contribution is -2.27. The monoisotopic (exact) mass is 286 g/mol. The Balaban J connectivity index is 2.04. The average Bonchev–Trinajstić information content (AvgIpc) is 2.40. The minimum absolute atomic E-state index is 0.0339. The van der Waals surface area contributed by atoms with Gasteiger partial charge in [0, 0.05) is 22.5 Å². The van der Waals surface area contributed by atoms with Crippen molar-refractivity contribution in [2.45, 2.75) is 20.8 Å². The SMILES string of the molecule is CC(C)(C)C(=O)Nc1ccc(Nc2cccc(F)c2)cc1. The van der Waals surface area contributed by atoms with E-state index in [2.05, 4.69) is 10.6 Å². The van der Waals surface area contributed by atoms with Gasteiger partial charge < -0.3 is 10.6 Å². The van der Waals surface area contributed by atoms with E-state index < -0.39 is 5.41 Å². The van der Waals surface area contributed by atoms with Crippen LogP contribution in [0.1, 0.15) is 20.8 Å². The van der Waals surface area contributed by atoms with E-state index >= 15 is 0 Å². The van der Waals surface area contributed by atoms with E-state index in [9.17, 15) is 9.18 Å². The van der Waals surface area contributed by atoms with Crippen LogP contribution in [0.15, 0.2) is 48.5 Å². The molecule has 2 aromatic carbocycles. The summed E-state index contributed by atoms with van der Waals surface area (Å²) in [6.07, 6.45) is 0. The fourth-order valence-electron chi connectivity index (χ4n) is 1.69. The van der Waals surface area contributed by atoms with Crippen molar-refractivity contribution in [3.8, 4) is 0 Å². The number of carbonyl (C=O) groups is 1. The van der Waals surface area contributed by atoms with Crippen molar-refractivity contribution in [1.82, 2.24) is 0 Å². The van der Waals surface area contributed by atoms with E-state index in [1.54, 1.807) is 12.1 Å². The van der Waals surface area contributed by atoms with Crippen LogP contribution in [0.4, 0.5) is 21.5 Å². The van der Waals surface area contributed by atoms with E-state index in [0.29, 0.717) is 5.69 Å². The number of halogens is 1. The van der Waals surface area contributed by atoms with Crippen LogP contribution in [0.5, 0.6) is 0 Å². The molecule has 0 saturated carbocycles. The lowest BCUT2D eigenvalue weighted by Gasteiger charge is -2.17. The summed E-state index contributed by atoms with van der Waals surface area (Å²) in [6.45, 7) is 5.59. The Morgan fingerprint density at radius 3 is 2.14 bits per heavy atom. The van der Waals surface area contributed by atoms with Crippen molar-refractivity contribution in [3.05, 3.63) is 54.3 Å². The Bertz CT molecular complexity index is 630. The van der Waals surface area contributed by atoms with Crippen LogP contribution < -0.4 is 10.6 Å². The standard InChI is InChI=1S/C17H19FN2O/c1-17(2,3)16(21)20-14-9-7-13(8-10-14)19-15-6-4-5-12(18)11-15/h4-11,19H,1-3H3,(H,20,21). The van der Waals surface area contributed by atoms with Crippen molar-refractivity contribution in [2.75, 3.05) is 10.6 Å². The molecule has 0 aliphatic rings. The molecule has 1 amide bonds. The molecular formula is C17H19FN2O. The maximum Gasteiger partial charge on any atom is 0.229 e. The van der Waals surface area contributed by atoms with Crippen LogP contribution in [0.3, 0.4) is 0 Å². The van der Waals surface area contributed by atoms with Crippen LogP contribution in [-0.4, -0.2) is 5.91 Å². The highest BCUT2D eigenvalue weighted by Gasteiger charge is 2.20. The number of hydrogen-bond acceptors (Lipinski definition) is 2. The van der Waals surface area contributed by atoms with Gasteiger partial charge in [-0.3, -0.25) is 4.79 Å². The average molecular weight is 286 g/mol. The van der Waals surface area contributed by atoms with E-state index in [4.69, 9.17) is 0 Å². The quantitative estimate of drug-likeness (QED) is 0.868. The van der Waals surface area contributed by atoms with E-state index in [-0.39, 0.29) is 11.7 Å². The van der Waals surface area contributed by atoms with Crippen molar-refractivity contribution in [2.24, 2.45) is 5.41 Å². The molecule has 2 rings (SSSR count). The summed E-state index contributed by atoms with van der Waals surface area (Å²) in [5.41, 5.74) is 1.81. The zero-order chi connectivity index (χ0) is 15.5. The molecule has 4 heteroatoms. The Morgan fingerprint density at radius 1 is 0.952 bits per heavy atom. The van der Waals surface area contributed by atoms with Gasteiger partial charge >= 0.3 is 0 Å². The lowest BCUT2D eigenvalue weighted by atomic mass is 9.95.